The molecule has 0 spiro atoms. The molecule has 0 aromatic rings. The van der Waals surface area contributed by atoms with Gasteiger partial charge >= 0.3 is 41.5 Å². The topological polar surface area (TPSA) is 74.6 Å². The number of aliphatic carboxylic acids is 2. The van der Waals surface area contributed by atoms with Gasteiger partial charge < -0.3 is 16.1 Å². The van der Waals surface area contributed by atoms with Crippen LogP contribution in [0.15, 0.2) is 0 Å². The minimum atomic E-state index is -1.31. The van der Waals surface area contributed by atoms with E-state index in [1.54, 1.807) is 5.92 Å². The van der Waals surface area contributed by atoms with Crippen molar-refractivity contribution in [1.29, 1.82) is 0 Å². The Hall–Kier alpha value is -0.0600. The zero-order chi connectivity index (χ0) is 16.7. The molecule has 126 valence electrons. The van der Waals surface area contributed by atoms with Gasteiger partial charge in [-0.3, -0.25) is 9.59 Å². The third-order valence-corrected chi connectivity index (χ3v) is 3.46. The Kier molecular flexibility index (Phi) is 23.1. The zero-order valence-corrected chi connectivity index (χ0v) is 17.2. The average Bonchev–Trinajstić information content (AvgIpc) is 2.36. The van der Waals surface area contributed by atoms with Crippen molar-refractivity contribution in [3.8, 4) is 0 Å². The summed E-state index contributed by atoms with van der Waals surface area (Å²) >= 11 is 0. The molecule has 0 aliphatic carbocycles. The summed E-state index contributed by atoms with van der Waals surface area (Å²) in [5, 5.41) is 15.4. The first kappa shape index (κ1) is 26.8. The van der Waals surface area contributed by atoms with Crippen molar-refractivity contribution in [2.75, 3.05) is 0 Å². The van der Waals surface area contributed by atoms with Crippen LogP contribution in [0.2, 0.25) is 0 Å². The number of carbonyl (C=O) groups is 2. The van der Waals surface area contributed by atoms with E-state index in [2.05, 4.69) is 27.7 Å². The number of hydrogen-bond acceptors (Lipinski definition) is 2. The van der Waals surface area contributed by atoms with Gasteiger partial charge in [-0.1, -0.05) is 65.7 Å². The average molecular weight is 324 g/mol. The zero-order valence-electron chi connectivity index (χ0n) is 15.2. The molecule has 0 unspecified atom stereocenters. The van der Waals surface area contributed by atoms with Gasteiger partial charge in [0.15, 0.2) is 0 Å². The number of carboxylic acids is 2. The molecule has 0 rings (SSSR count). The molecule has 0 aliphatic rings. The van der Waals surface area contributed by atoms with E-state index in [1.807, 2.05) is 0 Å². The van der Waals surface area contributed by atoms with Crippen LogP contribution in [-0.2, 0) is 9.59 Å². The van der Waals surface area contributed by atoms with Crippen LogP contribution < -0.4 is 29.6 Å². The maximum atomic E-state index is 9.43. The van der Waals surface area contributed by atoms with Crippen LogP contribution in [0.5, 0.6) is 0 Å². The number of unbranched alkanes of at least 4 members (excludes halogenated alkanes) is 6. The van der Waals surface area contributed by atoms with Crippen LogP contribution in [0.3, 0.4) is 0 Å². The molecule has 0 atom stereocenters. The molecular weight excluding hydrogens is 291 g/mol. The van der Waals surface area contributed by atoms with Gasteiger partial charge in [-0.2, -0.15) is 19.3 Å². The van der Waals surface area contributed by atoms with Crippen molar-refractivity contribution in [3.05, 3.63) is 5.92 Å². The molecule has 0 fully saturated rings. The predicted molar refractivity (Wildman–Crippen MR) is 86.3 cm³/mol. The van der Waals surface area contributed by atoms with Crippen LogP contribution in [0.1, 0.15) is 85.5 Å². The Balaban J connectivity index is -0.000000385. The Bertz CT molecular complexity index is 255. The molecule has 0 bridgehead atoms. The van der Waals surface area contributed by atoms with Gasteiger partial charge in [0, 0.05) is 0 Å². The van der Waals surface area contributed by atoms with Gasteiger partial charge in [-0.15, -0.1) is 0 Å². The Labute approximate surface area is 158 Å². The third kappa shape index (κ3) is 24.9. The molecule has 4 nitrogen and oxygen atoms in total. The molecule has 0 amide bonds. The summed E-state index contributed by atoms with van der Waals surface area (Å²) in [6, 6.07) is 0. The standard InChI is InChI=1S/C14H29.C3H4O4.Na/c1-5-6-7-8-9-10-11-12-14(4)13(2)3;4-2(5)1-3(6)7;/h13H,5-12H2,1-4H3;1H2,(H,4,5)(H,6,7);/q-1;;+1. The van der Waals surface area contributed by atoms with Crippen LogP contribution >= 0.6 is 0 Å². The van der Waals surface area contributed by atoms with E-state index in [0.717, 1.165) is 5.92 Å². The number of carboxylic acid groups (broad SMARTS) is 2. The van der Waals surface area contributed by atoms with Crippen molar-refractivity contribution in [2.24, 2.45) is 5.92 Å². The van der Waals surface area contributed by atoms with E-state index in [4.69, 9.17) is 10.2 Å². The summed E-state index contributed by atoms with van der Waals surface area (Å²) in [5.41, 5.74) is 0. The van der Waals surface area contributed by atoms with Crippen LogP contribution in [0, 0.1) is 11.8 Å². The minimum absolute atomic E-state index is 0. The van der Waals surface area contributed by atoms with Crippen LogP contribution in [-0.4, -0.2) is 22.2 Å². The van der Waals surface area contributed by atoms with E-state index < -0.39 is 18.4 Å². The fraction of sp³-hybridized carbons (Fsp3) is 0.824. The van der Waals surface area contributed by atoms with E-state index in [0.29, 0.717) is 0 Å². The molecule has 0 aliphatic heterocycles. The summed E-state index contributed by atoms with van der Waals surface area (Å²) in [5.74, 6) is -0.159. The van der Waals surface area contributed by atoms with Crippen LogP contribution in [0.4, 0.5) is 0 Å². The molecule has 0 saturated heterocycles. The maximum absolute atomic E-state index is 9.43. The summed E-state index contributed by atoms with van der Waals surface area (Å²) < 4.78 is 0. The van der Waals surface area contributed by atoms with E-state index in [9.17, 15) is 9.59 Å². The molecule has 0 aromatic carbocycles. The second kappa shape index (κ2) is 19.0. The Morgan fingerprint density at radius 1 is 0.909 bits per heavy atom. The Morgan fingerprint density at radius 3 is 1.64 bits per heavy atom. The van der Waals surface area contributed by atoms with Gasteiger partial charge in [0.1, 0.15) is 6.42 Å². The quantitative estimate of drug-likeness (QED) is 0.264. The van der Waals surface area contributed by atoms with Gasteiger partial charge in [0.25, 0.3) is 0 Å². The normalized spacial score (nSPS) is 9.91. The molecule has 5 heteroatoms. The number of rotatable bonds is 11. The number of hydrogen-bond donors (Lipinski definition) is 2. The second-order valence-electron chi connectivity index (χ2n) is 5.84. The van der Waals surface area contributed by atoms with E-state index >= 15 is 0 Å². The summed E-state index contributed by atoms with van der Waals surface area (Å²) in [6.45, 7) is 9.19. The van der Waals surface area contributed by atoms with E-state index in [-0.39, 0.29) is 29.6 Å². The second-order valence-corrected chi connectivity index (χ2v) is 5.84. The fourth-order valence-corrected chi connectivity index (χ4v) is 1.78. The largest absolute Gasteiger partial charge is 1.00 e. The van der Waals surface area contributed by atoms with E-state index in [1.165, 1.54) is 51.4 Å². The third-order valence-electron chi connectivity index (χ3n) is 3.46. The van der Waals surface area contributed by atoms with Crippen molar-refractivity contribution in [2.45, 2.75) is 85.5 Å². The fourth-order valence-electron chi connectivity index (χ4n) is 1.78. The molecule has 22 heavy (non-hydrogen) atoms. The molecule has 0 radical (unpaired) electrons. The maximum Gasteiger partial charge on any atom is 1.00 e. The van der Waals surface area contributed by atoms with Crippen molar-refractivity contribution in [3.63, 3.8) is 0 Å². The first-order valence-corrected chi connectivity index (χ1v) is 8.07. The summed E-state index contributed by atoms with van der Waals surface area (Å²) in [7, 11) is 0. The molecule has 0 heterocycles. The molecular formula is C17H33NaO4. The van der Waals surface area contributed by atoms with Crippen LogP contribution in [0.25, 0.3) is 0 Å². The molecule has 2 N–H and O–H groups in total. The van der Waals surface area contributed by atoms with Crippen molar-refractivity contribution >= 4 is 11.9 Å². The minimum Gasteiger partial charge on any atom is -0.481 e. The van der Waals surface area contributed by atoms with Gasteiger partial charge in [0.05, 0.1) is 0 Å². The summed E-state index contributed by atoms with van der Waals surface area (Å²) in [4.78, 5) is 18.9. The first-order chi connectivity index (χ1) is 9.81. The smallest absolute Gasteiger partial charge is 0.481 e. The van der Waals surface area contributed by atoms with Crippen molar-refractivity contribution in [1.82, 2.24) is 0 Å². The summed E-state index contributed by atoms with van der Waals surface area (Å²) in [6.07, 6.45) is 10.5. The monoisotopic (exact) mass is 324 g/mol. The molecule has 0 saturated carbocycles. The SMILES string of the molecule is CCCCCCCCC[C-](C)C(C)C.O=C(O)CC(=O)O.[Na+]. The van der Waals surface area contributed by atoms with Gasteiger partial charge in [0.2, 0.25) is 0 Å². The van der Waals surface area contributed by atoms with Gasteiger partial charge in [-0.05, 0) is 0 Å². The predicted octanol–water partition coefficient (Wildman–Crippen LogP) is 1.93. The van der Waals surface area contributed by atoms with Crippen molar-refractivity contribution < 1.29 is 49.4 Å². The van der Waals surface area contributed by atoms with Gasteiger partial charge in [-0.25, -0.2) is 0 Å². The first-order valence-electron chi connectivity index (χ1n) is 8.07. The molecule has 0 aromatic heterocycles. The Morgan fingerprint density at radius 2 is 1.32 bits per heavy atom.